The fourth-order valence-corrected chi connectivity index (χ4v) is 2.38. The molecule has 1 aliphatic heterocycles. The third-order valence-electron chi connectivity index (χ3n) is 1.69. The zero-order chi connectivity index (χ0) is 7.68. The second-order valence-electron chi connectivity index (χ2n) is 2.48. The van der Waals surface area contributed by atoms with Crippen LogP contribution in [0.3, 0.4) is 0 Å². The standard InChI is InChI=1S/C6H8N2O2S/c9-6-7-5(8-10-6)4-2-1-3-11-4/h4H,1-3H2,(H,7,8,9). The Bertz CT molecular complexity index is 287. The summed E-state index contributed by atoms with van der Waals surface area (Å²) in [7, 11) is 0. The van der Waals surface area contributed by atoms with Crippen molar-refractivity contribution >= 4 is 11.8 Å². The van der Waals surface area contributed by atoms with Gasteiger partial charge in [0, 0.05) is 0 Å². The van der Waals surface area contributed by atoms with Crippen molar-refractivity contribution in [1.82, 2.24) is 10.1 Å². The van der Waals surface area contributed by atoms with E-state index >= 15 is 0 Å². The van der Waals surface area contributed by atoms with E-state index < -0.39 is 5.76 Å². The van der Waals surface area contributed by atoms with Crippen molar-refractivity contribution in [3.63, 3.8) is 0 Å². The Hall–Kier alpha value is -0.710. The van der Waals surface area contributed by atoms with Crippen LogP contribution in [0.5, 0.6) is 0 Å². The number of H-pyrrole nitrogens is 1. The number of rotatable bonds is 1. The molecule has 0 radical (unpaired) electrons. The van der Waals surface area contributed by atoms with Gasteiger partial charge >= 0.3 is 5.76 Å². The monoisotopic (exact) mass is 172 g/mol. The first kappa shape index (κ1) is 6.97. The van der Waals surface area contributed by atoms with E-state index in [4.69, 9.17) is 0 Å². The molecular weight excluding hydrogens is 164 g/mol. The number of aromatic nitrogens is 2. The van der Waals surface area contributed by atoms with Crippen molar-refractivity contribution in [3.05, 3.63) is 16.4 Å². The summed E-state index contributed by atoms with van der Waals surface area (Å²) < 4.78 is 4.40. The SMILES string of the molecule is O=c1[nH]c(C2CCCS2)no1. The van der Waals surface area contributed by atoms with Gasteiger partial charge in [0.1, 0.15) is 0 Å². The van der Waals surface area contributed by atoms with Crippen LogP contribution in [0.25, 0.3) is 0 Å². The van der Waals surface area contributed by atoms with Crippen LogP contribution >= 0.6 is 11.8 Å². The third kappa shape index (κ3) is 1.33. The predicted octanol–water partition coefficient (Wildman–Crippen LogP) is 0.931. The summed E-state index contributed by atoms with van der Waals surface area (Å²) in [5, 5.41) is 3.98. The van der Waals surface area contributed by atoms with E-state index in [1.165, 1.54) is 6.42 Å². The van der Waals surface area contributed by atoms with Crippen LogP contribution in [0.4, 0.5) is 0 Å². The van der Waals surface area contributed by atoms with E-state index in [1.54, 1.807) is 0 Å². The smallest absolute Gasteiger partial charge is 0.296 e. The van der Waals surface area contributed by atoms with Gasteiger partial charge in [0.2, 0.25) is 0 Å². The van der Waals surface area contributed by atoms with Crippen molar-refractivity contribution in [2.24, 2.45) is 0 Å². The maximum atomic E-state index is 10.6. The Morgan fingerprint density at radius 3 is 3.18 bits per heavy atom. The van der Waals surface area contributed by atoms with Gasteiger partial charge in [-0.1, -0.05) is 5.16 Å². The van der Waals surface area contributed by atoms with E-state index in [0.29, 0.717) is 11.1 Å². The van der Waals surface area contributed by atoms with E-state index in [9.17, 15) is 4.79 Å². The fourth-order valence-electron chi connectivity index (χ4n) is 1.17. The van der Waals surface area contributed by atoms with E-state index in [-0.39, 0.29) is 0 Å². The average molecular weight is 172 g/mol. The molecule has 0 spiro atoms. The first-order valence-corrected chi connectivity index (χ1v) is 4.58. The number of nitrogens with one attached hydrogen (secondary N) is 1. The molecule has 1 aliphatic rings. The van der Waals surface area contributed by atoms with Gasteiger partial charge in [-0.3, -0.25) is 9.51 Å². The van der Waals surface area contributed by atoms with Crippen LogP contribution in [0.1, 0.15) is 23.9 Å². The lowest BCUT2D eigenvalue weighted by molar-refractivity contribution is 0.380. The topological polar surface area (TPSA) is 58.9 Å². The molecule has 1 atom stereocenters. The quantitative estimate of drug-likeness (QED) is 0.684. The van der Waals surface area contributed by atoms with Gasteiger partial charge in [-0.05, 0) is 18.6 Å². The Morgan fingerprint density at radius 1 is 1.73 bits per heavy atom. The summed E-state index contributed by atoms with van der Waals surface area (Å²) in [4.78, 5) is 13.1. The summed E-state index contributed by atoms with van der Waals surface area (Å²) in [6.07, 6.45) is 2.29. The lowest BCUT2D eigenvalue weighted by Gasteiger charge is -1.99. The number of nitrogens with zero attached hydrogens (tertiary/aromatic N) is 1. The van der Waals surface area contributed by atoms with Gasteiger partial charge < -0.3 is 0 Å². The minimum atomic E-state index is -0.451. The molecular formula is C6H8N2O2S. The largest absolute Gasteiger partial charge is 0.438 e. The van der Waals surface area contributed by atoms with Gasteiger partial charge in [-0.2, -0.15) is 11.8 Å². The molecule has 60 valence electrons. The molecule has 1 fully saturated rings. The summed E-state index contributed by atoms with van der Waals surface area (Å²) in [6.45, 7) is 0. The van der Waals surface area contributed by atoms with E-state index in [0.717, 1.165) is 12.2 Å². The van der Waals surface area contributed by atoms with E-state index in [2.05, 4.69) is 14.7 Å². The van der Waals surface area contributed by atoms with Crippen molar-refractivity contribution in [2.75, 3.05) is 5.75 Å². The van der Waals surface area contributed by atoms with Gasteiger partial charge in [0.25, 0.3) is 0 Å². The molecule has 0 saturated carbocycles. The zero-order valence-electron chi connectivity index (χ0n) is 5.87. The zero-order valence-corrected chi connectivity index (χ0v) is 6.69. The second-order valence-corrected chi connectivity index (χ2v) is 3.79. The van der Waals surface area contributed by atoms with Crippen LogP contribution in [-0.4, -0.2) is 15.9 Å². The molecule has 4 nitrogen and oxygen atoms in total. The average Bonchev–Trinajstić information content (AvgIpc) is 2.55. The van der Waals surface area contributed by atoms with Crippen LogP contribution in [-0.2, 0) is 0 Å². The molecule has 0 aromatic carbocycles. The summed E-state index contributed by atoms with van der Waals surface area (Å²) >= 11 is 1.82. The highest BCUT2D eigenvalue weighted by Gasteiger charge is 2.21. The van der Waals surface area contributed by atoms with Crippen LogP contribution in [0.2, 0.25) is 0 Å². The predicted molar refractivity (Wildman–Crippen MR) is 41.6 cm³/mol. The lowest BCUT2D eigenvalue weighted by atomic mass is 10.2. The number of thioether (sulfide) groups is 1. The van der Waals surface area contributed by atoms with Crippen molar-refractivity contribution in [2.45, 2.75) is 18.1 Å². The maximum absolute atomic E-state index is 10.6. The Kier molecular flexibility index (Phi) is 1.73. The number of hydrogen-bond acceptors (Lipinski definition) is 4. The molecule has 1 aromatic heterocycles. The molecule has 0 bridgehead atoms. The van der Waals surface area contributed by atoms with Gasteiger partial charge in [0.05, 0.1) is 5.25 Å². The molecule has 2 rings (SSSR count). The number of hydrogen-bond donors (Lipinski definition) is 1. The molecule has 2 heterocycles. The second kappa shape index (κ2) is 2.73. The van der Waals surface area contributed by atoms with Crippen LogP contribution < -0.4 is 5.76 Å². The van der Waals surface area contributed by atoms with Crippen LogP contribution in [0.15, 0.2) is 9.32 Å². The highest BCUT2D eigenvalue weighted by molar-refractivity contribution is 7.99. The normalized spacial score (nSPS) is 24.2. The lowest BCUT2D eigenvalue weighted by Crippen LogP contribution is -1.98. The molecule has 1 aromatic rings. The van der Waals surface area contributed by atoms with Crippen molar-refractivity contribution in [3.8, 4) is 0 Å². The van der Waals surface area contributed by atoms with E-state index in [1.807, 2.05) is 11.8 Å². The minimum absolute atomic E-state index is 0.349. The molecule has 1 unspecified atom stereocenters. The van der Waals surface area contributed by atoms with Crippen molar-refractivity contribution in [1.29, 1.82) is 0 Å². The Morgan fingerprint density at radius 2 is 2.64 bits per heavy atom. The molecule has 1 N–H and O–H groups in total. The van der Waals surface area contributed by atoms with Crippen LogP contribution in [0, 0.1) is 0 Å². The summed E-state index contributed by atoms with van der Waals surface area (Å²) in [5.41, 5.74) is 0. The minimum Gasteiger partial charge on any atom is -0.296 e. The Labute approximate surface area is 67.4 Å². The molecule has 11 heavy (non-hydrogen) atoms. The highest BCUT2D eigenvalue weighted by atomic mass is 32.2. The molecule has 5 heteroatoms. The highest BCUT2D eigenvalue weighted by Crippen LogP contribution is 2.37. The summed E-state index contributed by atoms with van der Waals surface area (Å²) in [6, 6.07) is 0. The Balaban J connectivity index is 2.21. The first-order chi connectivity index (χ1) is 5.36. The third-order valence-corrected chi connectivity index (χ3v) is 3.08. The number of aromatic amines is 1. The summed E-state index contributed by atoms with van der Waals surface area (Å²) in [5.74, 6) is 1.39. The molecule has 1 saturated heterocycles. The molecule has 0 amide bonds. The van der Waals surface area contributed by atoms with Gasteiger partial charge in [0.15, 0.2) is 5.82 Å². The first-order valence-electron chi connectivity index (χ1n) is 3.54. The maximum Gasteiger partial charge on any atom is 0.438 e. The fraction of sp³-hybridized carbons (Fsp3) is 0.667. The van der Waals surface area contributed by atoms with Gasteiger partial charge in [-0.15, -0.1) is 0 Å². The van der Waals surface area contributed by atoms with Gasteiger partial charge in [-0.25, -0.2) is 4.79 Å². The molecule has 0 aliphatic carbocycles. The van der Waals surface area contributed by atoms with Crippen molar-refractivity contribution < 1.29 is 4.52 Å².